The summed E-state index contributed by atoms with van der Waals surface area (Å²) in [5, 5.41) is 9.18. The summed E-state index contributed by atoms with van der Waals surface area (Å²) in [7, 11) is 0. The van der Waals surface area contributed by atoms with Gasteiger partial charge in [0.15, 0.2) is 17.6 Å². The summed E-state index contributed by atoms with van der Waals surface area (Å²) >= 11 is 0. The smallest absolute Gasteiger partial charge is 0.415 e. The normalized spacial score (nSPS) is 16.1. The van der Waals surface area contributed by atoms with Gasteiger partial charge < -0.3 is 14.6 Å². The predicted octanol–water partition coefficient (Wildman–Crippen LogP) is 2.20. The van der Waals surface area contributed by atoms with E-state index in [4.69, 9.17) is 9.47 Å². The lowest BCUT2D eigenvalue weighted by molar-refractivity contribution is -0.208. The second-order valence-corrected chi connectivity index (χ2v) is 4.83. The molecule has 21 heavy (non-hydrogen) atoms. The maximum absolute atomic E-state index is 12.4. The van der Waals surface area contributed by atoms with Crippen molar-refractivity contribution in [3.8, 4) is 11.5 Å². The molecule has 0 saturated carbocycles. The monoisotopic (exact) mass is 305 g/mol. The van der Waals surface area contributed by atoms with Crippen LogP contribution in [0.5, 0.6) is 11.5 Å². The van der Waals surface area contributed by atoms with Gasteiger partial charge in [-0.1, -0.05) is 19.1 Å². The first-order valence-corrected chi connectivity index (χ1v) is 6.76. The lowest BCUT2D eigenvalue weighted by Gasteiger charge is -2.27. The third-order valence-electron chi connectivity index (χ3n) is 3.30. The highest BCUT2D eigenvalue weighted by molar-refractivity contribution is 5.47. The van der Waals surface area contributed by atoms with Crippen LogP contribution in [0.2, 0.25) is 0 Å². The molecule has 0 radical (unpaired) electrons. The first-order chi connectivity index (χ1) is 9.91. The van der Waals surface area contributed by atoms with E-state index in [1.807, 2.05) is 0 Å². The van der Waals surface area contributed by atoms with Crippen molar-refractivity contribution in [1.29, 1.82) is 0 Å². The van der Waals surface area contributed by atoms with E-state index < -0.39 is 18.8 Å². The van der Waals surface area contributed by atoms with E-state index in [0.29, 0.717) is 31.3 Å². The number of nitrogens with zero attached hydrogens (tertiary/aromatic N) is 1. The van der Waals surface area contributed by atoms with Crippen LogP contribution in [0.15, 0.2) is 18.2 Å². The van der Waals surface area contributed by atoms with Gasteiger partial charge in [-0.05, 0) is 12.6 Å². The molecule has 0 aromatic heterocycles. The summed E-state index contributed by atoms with van der Waals surface area (Å²) in [5.41, 5.74) is 0.753. The number of fused-ring (bicyclic) bond motifs is 1. The number of likely N-dealkylation sites (N-methyl/N-ethyl adjacent to an activating group) is 1. The van der Waals surface area contributed by atoms with Crippen LogP contribution in [0, 0.1) is 0 Å². The maximum Gasteiger partial charge on any atom is 0.415 e. The molecule has 1 aromatic rings. The minimum atomic E-state index is -4.61. The summed E-state index contributed by atoms with van der Waals surface area (Å²) < 4.78 is 48.3. The third-order valence-corrected chi connectivity index (χ3v) is 3.30. The van der Waals surface area contributed by atoms with Gasteiger partial charge in [0, 0.05) is 18.7 Å². The fourth-order valence-corrected chi connectivity index (χ4v) is 2.15. The van der Waals surface area contributed by atoms with E-state index in [2.05, 4.69) is 0 Å². The molecule has 0 saturated heterocycles. The fourth-order valence-electron chi connectivity index (χ4n) is 2.15. The molecule has 1 aliphatic rings. The largest absolute Gasteiger partial charge is 0.486 e. The second-order valence-electron chi connectivity index (χ2n) is 4.83. The van der Waals surface area contributed by atoms with Gasteiger partial charge in [-0.15, -0.1) is 0 Å². The molecule has 0 aliphatic carbocycles. The summed E-state index contributed by atoms with van der Waals surface area (Å²) in [5.74, 6) is 1.18. The van der Waals surface area contributed by atoms with Crippen LogP contribution in [-0.4, -0.2) is 48.6 Å². The number of alkyl halides is 3. The minimum Gasteiger partial charge on any atom is -0.486 e. The summed E-state index contributed by atoms with van der Waals surface area (Å²) in [6.45, 7) is 2.80. The Morgan fingerprint density at radius 2 is 2.00 bits per heavy atom. The summed E-state index contributed by atoms with van der Waals surface area (Å²) in [6.07, 6.45) is -6.96. The van der Waals surface area contributed by atoms with Crippen LogP contribution >= 0.6 is 0 Å². The van der Waals surface area contributed by atoms with Crippen molar-refractivity contribution < 1.29 is 27.8 Å². The molecule has 0 bridgehead atoms. The Bertz CT molecular complexity index is 479. The van der Waals surface area contributed by atoms with Gasteiger partial charge in [0.1, 0.15) is 13.2 Å². The Morgan fingerprint density at radius 3 is 2.67 bits per heavy atom. The predicted molar refractivity (Wildman–Crippen MR) is 70.4 cm³/mol. The number of benzene rings is 1. The first kappa shape index (κ1) is 15.9. The molecule has 118 valence electrons. The average Bonchev–Trinajstić information content (AvgIpc) is 2.45. The molecule has 1 heterocycles. The summed E-state index contributed by atoms with van der Waals surface area (Å²) in [6, 6.07) is 5.33. The molecular weight excluding hydrogens is 287 g/mol. The number of ether oxygens (including phenoxy) is 2. The SMILES string of the molecule is CCN(Cc1cccc2c1OCCO2)CC(O)C(F)(F)F. The number of hydrogen-bond acceptors (Lipinski definition) is 4. The molecule has 2 rings (SSSR count). The number of halogens is 3. The Kier molecular flexibility index (Phi) is 4.95. The molecule has 1 atom stereocenters. The number of para-hydroxylation sites is 1. The van der Waals surface area contributed by atoms with E-state index in [0.717, 1.165) is 5.56 Å². The number of aliphatic hydroxyl groups excluding tert-OH is 1. The summed E-state index contributed by atoms with van der Waals surface area (Å²) in [4.78, 5) is 1.52. The van der Waals surface area contributed by atoms with Gasteiger partial charge in [-0.3, -0.25) is 4.90 Å². The molecule has 1 aromatic carbocycles. The van der Waals surface area contributed by atoms with Gasteiger partial charge >= 0.3 is 6.18 Å². The minimum absolute atomic E-state index is 0.260. The molecular formula is C14H18F3NO3. The van der Waals surface area contributed by atoms with Crippen molar-refractivity contribution in [2.45, 2.75) is 25.7 Å². The molecule has 0 fully saturated rings. The zero-order chi connectivity index (χ0) is 15.5. The van der Waals surface area contributed by atoms with Crippen molar-refractivity contribution in [2.75, 3.05) is 26.3 Å². The van der Waals surface area contributed by atoms with Gasteiger partial charge in [0.05, 0.1) is 0 Å². The van der Waals surface area contributed by atoms with Crippen LogP contribution in [0.1, 0.15) is 12.5 Å². The zero-order valence-electron chi connectivity index (χ0n) is 11.7. The van der Waals surface area contributed by atoms with Crippen molar-refractivity contribution in [3.05, 3.63) is 23.8 Å². The van der Waals surface area contributed by atoms with Gasteiger partial charge in [0.25, 0.3) is 0 Å². The van der Waals surface area contributed by atoms with E-state index >= 15 is 0 Å². The van der Waals surface area contributed by atoms with Crippen molar-refractivity contribution in [3.63, 3.8) is 0 Å². The quantitative estimate of drug-likeness (QED) is 0.905. The number of rotatable bonds is 5. The molecule has 1 N–H and O–H groups in total. The maximum atomic E-state index is 12.4. The Balaban J connectivity index is 2.09. The zero-order valence-corrected chi connectivity index (χ0v) is 11.7. The van der Waals surface area contributed by atoms with E-state index in [-0.39, 0.29) is 6.54 Å². The van der Waals surface area contributed by atoms with Crippen molar-refractivity contribution >= 4 is 0 Å². The first-order valence-electron chi connectivity index (χ1n) is 6.76. The van der Waals surface area contributed by atoms with Crippen LogP contribution in [0.3, 0.4) is 0 Å². The molecule has 0 amide bonds. The molecule has 1 aliphatic heterocycles. The van der Waals surface area contributed by atoms with Gasteiger partial charge in [0.2, 0.25) is 0 Å². The Hall–Kier alpha value is -1.47. The standard InChI is InChI=1S/C14H18F3NO3/c1-2-18(9-12(19)14(15,16)17)8-10-4-3-5-11-13(10)21-7-6-20-11/h3-5,12,19H,2,6-9H2,1H3. The van der Waals surface area contributed by atoms with Crippen LogP contribution in [0.4, 0.5) is 13.2 Å². The Morgan fingerprint density at radius 1 is 1.29 bits per heavy atom. The van der Waals surface area contributed by atoms with Gasteiger partial charge in [-0.25, -0.2) is 0 Å². The molecule has 1 unspecified atom stereocenters. The highest BCUT2D eigenvalue weighted by Crippen LogP contribution is 2.34. The molecule has 7 heteroatoms. The second kappa shape index (κ2) is 6.53. The lowest BCUT2D eigenvalue weighted by Crippen LogP contribution is -2.40. The highest BCUT2D eigenvalue weighted by atomic mass is 19.4. The van der Waals surface area contributed by atoms with E-state index in [9.17, 15) is 18.3 Å². The molecule has 0 spiro atoms. The topological polar surface area (TPSA) is 41.9 Å². The van der Waals surface area contributed by atoms with Crippen molar-refractivity contribution in [2.24, 2.45) is 0 Å². The lowest BCUT2D eigenvalue weighted by atomic mass is 10.1. The number of hydrogen-bond donors (Lipinski definition) is 1. The third kappa shape index (κ3) is 4.01. The van der Waals surface area contributed by atoms with Gasteiger partial charge in [-0.2, -0.15) is 13.2 Å². The highest BCUT2D eigenvalue weighted by Gasteiger charge is 2.39. The molecule has 4 nitrogen and oxygen atoms in total. The fraction of sp³-hybridized carbons (Fsp3) is 0.571. The van der Waals surface area contributed by atoms with Crippen molar-refractivity contribution in [1.82, 2.24) is 4.90 Å². The average molecular weight is 305 g/mol. The van der Waals surface area contributed by atoms with Crippen LogP contribution in [-0.2, 0) is 6.54 Å². The Labute approximate surface area is 121 Å². The van der Waals surface area contributed by atoms with E-state index in [1.54, 1.807) is 25.1 Å². The van der Waals surface area contributed by atoms with Crippen LogP contribution in [0.25, 0.3) is 0 Å². The number of aliphatic hydroxyl groups is 1. The van der Waals surface area contributed by atoms with Crippen LogP contribution < -0.4 is 9.47 Å². The van der Waals surface area contributed by atoms with E-state index in [1.165, 1.54) is 4.90 Å².